The van der Waals surface area contributed by atoms with Crippen molar-refractivity contribution in [2.24, 2.45) is 0 Å². The molecule has 4 rings (SSSR count). The fraction of sp³-hybridized carbons (Fsp3) is 0.333. The molecule has 1 saturated heterocycles. The Morgan fingerprint density at radius 1 is 1.13 bits per heavy atom. The third kappa shape index (κ3) is 4.23. The number of piperazine rings is 1. The molecule has 156 valence electrons. The van der Waals surface area contributed by atoms with Crippen LogP contribution in [0.4, 0.5) is 16.4 Å². The van der Waals surface area contributed by atoms with Crippen molar-refractivity contribution in [3.8, 4) is 5.69 Å². The Labute approximate surface area is 180 Å². The number of amides is 2. The first kappa shape index (κ1) is 20.2. The summed E-state index contributed by atoms with van der Waals surface area (Å²) in [6.07, 6.45) is 0.948. The second-order valence-electron chi connectivity index (χ2n) is 7.30. The monoisotopic (exact) mass is 425 g/mol. The van der Waals surface area contributed by atoms with Gasteiger partial charge in [0.05, 0.1) is 16.4 Å². The molecule has 3 aromatic rings. The van der Waals surface area contributed by atoms with E-state index >= 15 is 0 Å². The quantitative estimate of drug-likeness (QED) is 0.691. The summed E-state index contributed by atoms with van der Waals surface area (Å²) in [7, 11) is 0. The maximum Gasteiger partial charge on any atom is 0.322 e. The molecule has 0 aliphatic carbocycles. The van der Waals surface area contributed by atoms with Crippen LogP contribution in [-0.4, -0.2) is 57.3 Å². The van der Waals surface area contributed by atoms with E-state index in [1.54, 1.807) is 9.58 Å². The van der Waals surface area contributed by atoms with Crippen LogP contribution in [0, 0.1) is 6.92 Å². The van der Waals surface area contributed by atoms with Crippen molar-refractivity contribution in [1.82, 2.24) is 25.1 Å². The zero-order chi connectivity index (χ0) is 21.1. The number of tetrazole rings is 1. The van der Waals surface area contributed by atoms with E-state index < -0.39 is 0 Å². The van der Waals surface area contributed by atoms with Crippen LogP contribution in [0.25, 0.3) is 5.69 Å². The van der Waals surface area contributed by atoms with Gasteiger partial charge in [0.15, 0.2) is 0 Å². The van der Waals surface area contributed by atoms with Crippen molar-refractivity contribution in [2.75, 3.05) is 36.4 Å². The summed E-state index contributed by atoms with van der Waals surface area (Å²) in [5.41, 5.74) is 3.83. The van der Waals surface area contributed by atoms with Gasteiger partial charge >= 0.3 is 6.03 Å². The molecule has 30 heavy (non-hydrogen) atoms. The SMILES string of the molecule is CCc1cccc(-n2nnnc2N2CCN(C(=O)Nc3ccc(C)cc3Cl)CC2)c1. The largest absolute Gasteiger partial charge is 0.336 e. The van der Waals surface area contributed by atoms with Crippen LogP contribution in [0.3, 0.4) is 0 Å². The molecule has 0 spiro atoms. The predicted octanol–water partition coefficient (Wildman–Crippen LogP) is 3.54. The van der Waals surface area contributed by atoms with E-state index in [1.807, 2.05) is 37.3 Å². The molecule has 0 bridgehead atoms. The van der Waals surface area contributed by atoms with Gasteiger partial charge in [-0.15, -0.1) is 0 Å². The van der Waals surface area contributed by atoms with E-state index in [9.17, 15) is 4.79 Å². The van der Waals surface area contributed by atoms with E-state index in [1.165, 1.54) is 5.56 Å². The standard InChI is InChI=1S/C21H24ClN7O/c1-3-16-5-4-6-17(14-16)29-20(24-25-26-29)27-9-11-28(12-10-27)21(30)23-19-8-7-15(2)13-18(19)22/h4-8,13-14H,3,9-12H2,1-2H3,(H,23,30). The van der Waals surface area contributed by atoms with Crippen LogP contribution in [0.1, 0.15) is 18.1 Å². The second kappa shape index (κ2) is 8.71. The smallest absolute Gasteiger partial charge is 0.322 e. The number of aryl methyl sites for hydroxylation is 2. The molecular weight excluding hydrogens is 402 g/mol. The Morgan fingerprint density at radius 3 is 2.67 bits per heavy atom. The van der Waals surface area contributed by atoms with Crippen LogP contribution in [0.2, 0.25) is 5.02 Å². The van der Waals surface area contributed by atoms with Gasteiger partial charge in [-0.1, -0.05) is 41.8 Å². The molecule has 1 aliphatic rings. The van der Waals surface area contributed by atoms with E-state index in [2.05, 4.69) is 44.8 Å². The van der Waals surface area contributed by atoms with Crippen LogP contribution in [-0.2, 0) is 6.42 Å². The van der Waals surface area contributed by atoms with E-state index in [4.69, 9.17) is 11.6 Å². The number of urea groups is 1. The minimum atomic E-state index is -0.157. The average Bonchev–Trinajstić information content (AvgIpc) is 3.26. The van der Waals surface area contributed by atoms with Crippen LogP contribution < -0.4 is 10.2 Å². The Kier molecular flexibility index (Phi) is 5.85. The fourth-order valence-corrected chi connectivity index (χ4v) is 3.76. The molecule has 2 aromatic carbocycles. The van der Waals surface area contributed by atoms with Crippen molar-refractivity contribution in [2.45, 2.75) is 20.3 Å². The summed E-state index contributed by atoms with van der Waals surface area (Å²) in [6, 6.07) is 13.6. The molecular formula is C21H24ClN7O. The molecule has 1 fully saturated rings. The maximum absolute atomic E-state index is 12.6. The lowest BCUT2D eigenvalue weighted by molar-refractivity contribution is 0.208. The fourth-order valence-electron chi connectivity index (χ4n) is 3.48. The van der Waals surface area contributed by atoms with Gasteiger partial charge in [-0.2, -0.15) is 4.68 Å². The van der Waals surface area contributed by atoms with E-state index in [0.29, 0.717) is 42.8 Å². The molecule has 0 radical (unpaired) electrons. The topological polar surface area (TPSA) is 79.2 Å². The lowest BCUT2D eigenvalue weighted by atomic mass is 10.1. The van der Waals surface area contributed by atoms with Crippen molar-refractivity contribution in [3.05, 3.63) is 58.6 Å². The van der Waals surface area contributed by atoms with Crippen LogP contribution >= 0.6 is 11.6 Å². The predicted molar refractivity (Wildman–Crippen MR) is 118 cm³/mol. The third-order valence-electron chi connectivity index (χ3n) is 5.23. The number of rotatable bonds is 4. The number of hydrogen-bond acceptors (Lipinski definition) is 5. The van der Waals surface area contributed by atoms with Gasteiger partial charge in [-0.25, -0.2) is 4.79 Å². The molecule has 0 saturated carbocycles. The number of nitrogens with one attached hydrogen (secondary N) is 1. The van der Waals surface area contributed by atoms with Gasteiger partial charge in [-0.05, 0) is 59.2 Å². The summed E-state index contributed by atoms with van der Waals surface area (Å²) in [4.78, 5) is 16.5. The molecule has 2 amide bonds. The van der Waals surface area contributed by atoms with Gasteiger partial charge < -0.3 is 15.1 Å². The normalized spacial score (nSPS) is 14.1. The first-order valence-corrected chi connectivity index (χ1v) is 10.4. The molecule has 1 N–H and O–H groups in total. The van der Waals surface area contributed by atoms with Gasteiger partial charge in [-0.3, -0.25) is 0 Å². The van der Waals surface area contributed by atoms with Gasteiger partial charge in [0.25, 0.3) is 0 Å². The molecule has 9 heteroatoms. The highest BCUT2D eigenvalue weighted by molar-refractivity contribution is 6.33. The molecule has 0 unspecified atom stereocenters. The van der Waals surface area contributed by atoms with Crippen LogP contribution in [0.5, 0.6) is 0 Å². The van der Waals surface area contributed by atoms with Gasteiger partial charge in [0.2, 0.25) is 5.95 Å². The minimum Gasteiger partial charge on any atom is -0.336 e. The second-order valence-corrected chi connectivity index (χ2v) is 7.71. The zero-order valence-electron chi connectivity index (χ0n) is 17.0. The Hall–Kier alpha value is -3.13. The number of nitrogens with zero attached hydrogens (tertiary/aromatic N) is 6. The Bertz CT molecular complexity index is 1040. The van der Waals surface area contributed by atoms with E-state index in [0.717, 1.165) is 17.7 Å². The highest BCUT2D eigenvalue weighted by Crippen LogP contribution is 2.24. The summed E-state index contributed by atoms with van der Waals surface area (Å²) in [6.45, 7) is 6.50. The first-order valence-electron chi connectivity index (χ1n) is 10.00. The Balaban J connectivity index is 1.41. The number of aromatic nitrogens is 4. The lowest BCUT2D eigenvalue weighted by Crippen LogP contribution is -2.50. The van der Waals surface area contributed by atoms with Gasteiger partial charge in [0.1, 0.15) is 0 Å². The van der Waals surface area contributed by atoms with Crippen molar-refractivity contribution >= 4 is 29.3 Å². The summed E-state index contributed by atoms with van der Waals surface area (Å²) < 4.78 is 1.75. The van der Waals surface area contributed by atoms with Gasteiger partial charge in [0, 0.05) is 26.2 Å². The van der Waals surface area contributed by atoms with Crippen molar-refractivity contribution in [3.63, 3.8) is 0 Å². The van der Waals surface area contributed by atoms with Crippen molar-refractivity contribution < 1.29 is 4.79 Å². The number of benzene rings is 2. The summed E-state index contributed by atoms with van der Waals surface area (Å²) in [5, 5.41) is 15.7. The van der Waals surface area contributed by atoms with E-state index in [-0.39, 0.29) is 6.03 Å². The molecule has 2 heterocycles. The molecule has 1 aliphatic heterocycles. The first-order chi connectivity index (χ1) is 14.5. The molecule has 8 nitrogen and oxygen atoms in total. The van der Waals surface area contributed by atoms with Crippen LogP contribution in [0.15, 0.2) is 42.5 Å². The van der Waals surface area contributed by atoms with Crippen molar-refractivity contribution in [1.29, 1.82) is 0 Å². The summed E-state index contributed by atoms with van der Waals surface area (Å²) in [5.74, 6) is 0.685. The highest BCUT2D eigenvalue weighted by Gasteiger charge is 2.25. The zero-order valence-corrected chi connectivity index (χ0v) is 17.8. The average molecular weight is 426 g/mol. The molecule has 1 aromatic heterocycles. The number of hydrogen-bond donors (Lipinski definition) is 1. The third-order valence-corrected chi connectivity index (χ3v) is 5.55. The number of carbonyl (C=O) groups is 1. The maximum atomic E-state index is 12.6. The summed E-state index contributed by atoms with van der Waals surface area (Å²) >= 11 is 6.23. The lowest BCUT2D eigenvalue weighted by Gasteiger charge is -2.34. The number of halogens is 1. The Morgan fingerprint density at radius 2 is 1.93 bits per heavy atom. The number of carbonyl (C=O) groups excluding carboxylic acids is 1. The highest BCUT2D eigenvalue weighted by atomic mass is 35.5. The number of anilines is 2. The molecule has 0 atom stereocenters. The minimum absolute atomic E-state index is 0.157.